The second-order valence-electron chi connectivity index (χ2n) is 7.68. The Kier molecular flexibility index (Phi) is 3.32. The third-order valence-electron chi connectivity index (χ3n) is 5.76. The highest BCUT2D eigenvalue weighted by Crippen LogP contribution is 2.51. The fraction of sp³-hybridized carbons (Fsp3) is 0.227. The van der Waals surface area contributed by atoms with Crippen LogP contribution < -0.4 is 10.2 Å². The molecule has 1 spiro atoms. The SMILES string of the molecule is Cc1cc(C)cc(-n2ncc3c2NC(=O)CC32C(=O)N(C)c3ccccc32)c1. The van der Waals surface area contributed by atoms with Crippen LogP contribution in [-0.2, 0) is 15.0 Å². The summed E-state index contributed by atoms with van der Waals surface area (Å²) >= 11 is 0. The third kappa shape index (κ3) is 2.05. The summed E-state index contributed by atoms with van der Waals surface area (Å²) in [6.07, 6.45) is 1.80. The fourth-order valence-corrected chi connectivity index (χ4v) is 4.63. The van der Waals surface area contributed by atoms with Gasteiger partial charge in [0.2, 0.25) is 11.8 Å². The third-order valence-corrected chi connectivity index (χ3v) is 5.76. The predicted molar refractivity (Wildman–Crippen MR) is 107 cm³/mol. The lowest BCUT2D eigenvalue weighted by molar-refractivity contribution is -0.126. The van der Waals surface area contributed by atoms with E-state index in [1.54, 1.807) is 22.8 Å². The molecule has 3 heterocycles. The van der Waals surface area contributed by atoms with Gasteiger partial charge < -0.3 is 10.2 Å². The summed E-state index contributed by atoms with van der Waals surface area (Å²) < 4.78 is 1.72. The lowest BCUT2D eigenvalue weighted by atomic mass is 9.72. The summed E-state index contributed by atoms with van der Waals surface area (Å²) in [5.74, 6) is 0.293. The zero-order valence-corrected chi connectivity index (χ0v) is 16.0. The number of likely N-dealkylation sites (N-methyl/N-ethyl adjacent to an activating group) is 1. The lowest BCUT2D eigenvalue weighted by Crippen LogP contribution is -2.45. The van der Waals surface area contributed by atoms with Crippen molar-refractivity contribution in [1.29, 1.82) is 0 Å². The van der Waals surface area contributed by atoms with Gasteiger partial charge in [-0.25, -0.2) is 4.68 Å². The van der Waals surface area contributed by atoms with Gasteiger partial charge in [-0.05, 0) is 48.7 Å². The van der Waals surface area contributed by atoms with Crippen LogP contribution in [0.3, 0.4) is 0 Å². The largest absolute Gasteiger partial charge is 0.314 e. The predicted octanol–water partition coefficient (Wildman–Crippen LogP) is 3.09. The molecule has 6 nitrogen and oxygen atoms in total. The van der Waals surface area contributed by atoms with Gasteiger partial charge in [0.25, 0.3) is 0 Å². The van der Waals surface area contributed by atoms with E-state index < -0.39 is 5.41 Å². The van der Waals surface area contributed by atoms with E-state index in [9.17, 15) is 9.59 Å². The molecule has 1 atom stereocenters. The molecule has 1 unspecified atom stereocenters. The number of carbonyl (C=O) groups is 2. The molecule has 2 amide bonds. The minimum absolute atomic E-state index is 0.0821. The number of aryl methyl sites for hydroxylation is 2. The summed E-state index contributed by atoms with van der Waals surface area (Å²) in [7, 11) is 1.76. The van der Waals surface area contributed by atoms with E-state index in [0.717, 1.165) is 33.6 Å². The van der Waals surface area contributed by atoms with Crippen molar-refractivity contribution in [2.24, 2.45) is 0 Å². The topological polar surface area (TPSA) is 67.2 Å². The van der Waals surface area contributed by atoms with Crippen LogP contribution in [-0.4, -0.2) is 28.6 Å². The molecule has 0 saturated carbocycles. The van der Waals surface area contributed by atoms with Gasteiger partial charge in [0.1, 0.15) is 11.2 Å². The average molecular weight is 372 g/mol. The van der Waals surface area contributed by atoms with Crippen LogP contribution in [0.15, 0.2) is 48.7 Å². The minimum Gasteiger partial charge on any atom is -0.314 e. The molecule has 0 aliphatic carbocycles. The number of rotatable bonds is 1. The van der Waals surface area contributed by atoms with Crippen LogP contribution in [0.4, 0.5) is 11.5 Å². The van der Waals surface area contributed by atoms with Crippen LogP contribution in [0, 0.1) is 13.8 Å². The number of benzene rings is 2. The molecule has 1 aromatic heterocycles. The number of fused-ring (bicyclic) bond motifs is 4. The molecule has 6 heteroatoms. The Hall–Kier alpha value is -3.41. The van der Waals surface area contributed by atoms with Gasteiger partial charge in [-0.15, -0.1) is 0 Å². The first kappa shape index (κ1) is 16.7. The molecule has 2 aliphatic heterocycles. The van der Waals surface area contributed by atoms with Crippen molar-refractivity contribution in [1.82, 2.24) is 9.78 Å². The molecule has 0 fully saturated rings. The minimum atomic E-state index is -1.03. The molecule has 2 aliphatic rings. The van der Waals surface area contributed by atoms with Crippen LogP contribution in [0.25, 0.3) is 5.69 Å². The molecule has 0 saturated heterocycles. The van der Waals surface area contributed by atoms with E-state index in [0.29, 0.717) is 5.82 Å². The number of nitrogens with zero attached hydrogens (tertiary/aromatic N) is 3. The van der Waals surface area contributed by atoms with Crippen molar-refractivity contribution in [2.45, 2.75) is 25.7 Å². The number of anilines is 2. The number of para-hydroxylation sites is 1. The highest BCUT2D eigenvalue weighted by Gasteiger charge is 2.56. The Balaban J connectivity index is 1.78. The van der Waals surface area contributed by atoms with Crippen molar-refractivity contribution in [2.75, 3.05) is 17.3 Å². The van der Waals surface area contributed by atoms with E-state index in [2.05, 4.69) is 16.5 Å². The van der Waals surface area contributed by atoms with Crippen LogP contribution in [0.1, 0.15) is 28.7 Å². The number of hydrogen-bond donors (Lipinski definition) is 1. The molecule has 5 rings (SSSR count). The molecule has 28 heavy (non-hydrogen) atoms. The second-order valence-corrected chi connectivity index (χ2v) is 7.68. The number of carbonyl (C=O) groups excluding carboxylic acids is 2. The Morgan fingerprint density at radius 2 is 1.75 bits per heavy atom. The molecular weight excluding hydrogens is 352 g/mol. The lowest BCUT2D eigenvalue weighted by Gasteiger charge is -2.32. The van der Waals surface area contributed by atoms with Gasteiger partial charge in [-0.1, -0.05) is 24.3 Å². The maximum atomic E-state index is 13.4. The van der Waals surface area contributed by atoms with Crippen molar-refractivity contribution in [3.63, 3.8) is 0 Å². The number of nitrogens with one attached hydrogen (secondary N) is 1. The van der Waals surface area contributed by atoms with Gasteiger partial charge >= 0.3 is 0 Å². The van der Waals surface area contributed by atoms with Gasteiger partial charge in [0, 0.05) is 24.7 Å². The summed E-state index contributed by atoms with van der Waals surface area (Å²) in [4.78, 5) is 27.8. The van der Waals surface area contributed by atoms with E-state index >= 15 is 0 Å². The van der Waals surface area contributed by atoms with E-state index in [-0.39, 0.29) is 18.2 Å². The molecular formula is C22H20N4O2. The quantitative estimate of drug-likeness (QED) is 0.714. The summed E-state index contributed by atoms with van der Waals surface area (Å²) in [6.45, 7) is 4.05. The Morgan fingerprint density at radius 3 is 2.50 bits per heavy atom. The molecule has 3 aromatic rings. The molecule has 140 valence electrons. The van der Waals surface area contributed by atoms with Crippen LogP contribution >= 0.6 is 0 Å². The highest BCUT2D eigenvalue weighted by molar-refractivity contribution is 6.15. The fourth-order valence-electron chi connectivity index (χ4n) is 4.63. The van der Waals surface area contributed by atoms with Crippen molar-refractivity contribution < 1.29 is 9.59 Å². The Labute approximate surface area is 162 Å². The van der Waals surface area contributed by atoms with Gasteiger partial charge in [-0.3, -0.25) is 9.59 Å². The van der Waals surface area contributed by atoms with Gasteiger partial charge in [-0.2, -0.15) is 5.10 Å². The van der Waals surface area contributed by atoms with Crippen LogP contribution in [0.2, 0.25) is 0 Å². The van der Waals surface area contributed by atoms with Crippen molar-refractivity contribution >= 4 is 23.3 Å². The molecule has 0 bridgehead atoms. The van der Waals surface area contributed by atoms with Gasteiger partial charge in [0.05, 0.1) is 11.9 Å². The smallest absolute Gasteiger partial charge is 0.242 e. The number of hydrogen-bond acceptors (Lipinski definition) is 3. The number of aromatic nitrogens is 2. The zero-order chi connectivity index (χ0) is 19.6. The first-order chi connectivity index (χ1) is 13.4. The van der Waals surface area contributed by atoms with Crippen molar-refractivity contribution in [3.8, 4) is 5.69 Å². The molecule has 1 N–H and O–H groups in total. The second kappa shape index (κ2) is 5.55. The van der Waals surface area contributed by atoms with Gasteiger partial charge in [0.15, 0.2) is 0 Å². The average Bonchev–Trinajstić information content (AvgIpc) is 3.16. The molecule has 0 radical (unpaired) electrons. The van der Waals surface area contributed by atoms with Crippen LogP contribution in [0.5, 0.6) is 0 Å². The maximum absolute atomic E-state index is 13.4. The Morgan fingerprint density at radius 1 is 1.04 bits per heavy atom. The molecule has 2 aromatic carbocycles. The Bertz CT molecular complexity index is 1140. The monoisotopic (exact) mass is 372 g/mol. The van der Waals surface area contributed by atoms with E-state index in [4.69, 9.17) is 0 Å². The van der Waals surface area contributed by atoms with E-state index in [1.165, 1.54) is 0 Å². The highest BCUT2D eigenvalue weighted by atomic mass is 16.2. The zero-order valence-electron chi connectivity index (χ0n) is 16.0. The first-order valence-electron chi connectivity index (χ1n) is 9.26. The summed E-state index contributed by atoms with van der Waals surface area (Å²) in [6, 6.07) is 13.8. The van der Waals surface area contributed by atoms with E-state index in [1.807, 2.05) is 50.2 Å². The number of amides is 2. The summed E-state index contributed by atoms with van der Waals surface area (Å²) in [5.41, 5.74) is 4.50. The summed E-state index contributed by atoms with van der Waals surface area (Å²) in [5, 5.41) is 7.52. The normalized spacial score (nSPS) is 20.3. The maximum Gasteiger partial charge on any atom is 0.242 e. The van der Waals surface area contributed by atoms with Crippen molar-refractivity contribution in [3.05, 3.63) is 70.9 Å². The first-order valence-corrected chi connectivity index (χ1v) is 9.26. The standard InChI is InChI=1S/C22H20N4O2/c1-13-8-14(2)10-15(9-13)26-20-17(12-23-26)22(11-19(27)24-20)16-6-4-5-7-18(16)25(3)21(22)28/h4-10,12H,11H2,1-3H3,(H,24,27).